The summed E-state index contributed by atoms with van der Waals surface area (Å²) in [6, 6.07) is 14.7. The van der Waals surface area contributed by atoms with Gasteiger partial charge < -0.3 is 5.32 Å². The maximum absolute atomic E-state index is 12.1. The van der Waals surface area contributed by atoms with Gasteiger partial charge >= 0.3 is 0 Å². The molecule has 7 heteroatoms. The lowest BCUT2D eigenvalue weighted by Gasteiger charge is -2.03. The number of amides is 1. The minimum absolute atomic E-state index is 0.271. The highest BCUT2D eigenvalue weighted by Crippen LogP contribution is 2.11. The third-order valence-electron chi connectivity index (χ3n) is 3.40. The molecule has 0 aliphatic heterocycles. The van der Waals surface area contributed by atoms with E-state index in [-0.39, 0.29) is 11.6 Å². The van der Waals surface area contributed by atoms with Gasteiger partial charge in [-0.25, -0.2) is 4.68 Å². The fourth-order valence-electron chi connectivity index (χ4n) is 2.13. The Morgan fingerprint density at radius 1 is 0.958 bits per heavy atom. The van der Waals surface area contributed by atoms with Gasteiger partial charge in [-0.05, 0) is 35.4 Å². The Balaban J connectivity index is 1.59. The van der Waals surface area contributed by atoms with Crippen molar-refractivity contribution in [3.63, 3.8) is 0 Å². The molecule has 0 unspecified atom stereocenters. The molecule has 3 aromatic rings. The Bertz CT molecular complexity index is 829. The molecule has 0 aliphatic rings. The molecule has 2 aromatic carbocycles. The molecule has 1 amide bonds. The van der Waals surface area contributed by atoms with Gasteiger partial charge in [-0.2, -0.15) is 0 Å². The number of benzene rings is 2. The summed E-state index contributed by atoms with van der Waals surface area (Å²) in [5.41, 5.74) is 2.26. The minimum Gasteiger partial charge on any atom is -0.347 e. The van der Waals surface area contributed by atoms with Crippen LogP contribution in [0.5, 0.6) is 0 Å². The smallest absolute Gasteiger partial charge is 0.273 e. The molecule has 1 N–H and O–H groups in total. The van der Waals surface area contributed by atoms with Gasteiger partial charge in [-0.15, -0.1) is 5.10 Å². The van der Waals surface area contributed by atoms with Gasteiger partial charge in [0.05, 0.1) is 12.7 Å². The number of carbonyl (C=O) groups is 1. The summed E-state index contributed by atoms with van der Waals surface area (Å²) in [4.78, 5) is 12.1. The number of nitrogens with one attached hydrogen (secondary N) is 1. The van der Waals surface area contributed by atoms with Gasteiger partial charge in [-0.1, -0.05) is 52.7 Å². The Kier molecular flexibility index (Phi) is 5.13. The van der Waals surface area contributed by atoms with E-state index in [0.717, 1.165) is 11.1 Å². The molecule has 0 fully saturated rings. The molecule has 3 rings (SSSR count). The molecule has 1 heterocycles. The van der Waals surface area contributed by atoms with Crippen LogP contribution in [0.1, 0.15) is 21.6 Å². The summed E-state index contributed by atoms with van der Waals surface area (Å²) in [5.74, 6) is -0.271. The lowest BCUT2D eigenvalue weighted by molar-refractivity contribution is 0.0946. The van der Waals surface area contributed by atoms with Gasteiger partial charge in [0.15, 0.2) is 5.69 Å². The van der Waals surface area contributed by atoms with Crippen molar-refractivity contribution in [3.8, 4) is 0 Å². The summed E-state index contributed by atoms with van der Waals surface area (Å²) in [6.45, 7) is 0.925. The van der Waals surface area contributed by atoms with Crippen molar-refractivity contribution in [3.05, 3.63) is 81.6 Å². The predicted octanol–water partition coefficient (Wildman–Crippen LogP) is 3.56. The highest BCUT2D eigenvalue weighted by molar-refractivity contribution is 6.30. The van der Waals surface area contributed by atoms with E-state index in [1.54, 1.807) is 23.0 Å². The van der Waals surface area contributed by atoms with Crippen molar-refractivity contribution in [2.24, 2.45) is 0 Å². The van der Waals surface area contributed by atoms with Crippen LogP contribution < -0.4 is 5.32 Å². The molecule has 0 bridgehead atoms. The largest absolute Gasteiger partial charge is 0.347 e. The molecule has 0 saturated heterocycles. The molecule has 0 spiro atoms. The number of halogens is 2. The average Bonchev–Trinajstić information content (AvgIpc) is 3.05. The molecule has 0 radical (unpaired) electrons. The van der Waals surface area contributed by atoms with Crippen LogP contribution in [0.25, 0.3) is 0 Å². The van der Waals surface area contributed by atoms with Crippen molar-refractivity contribution >= 4 is 29.1 Å². The molecular weight excluding hydrogens is 347 g/mol. The van der Waals surface area contributed by atoms with Crippen molar-refractivity contribution in [1.29, 1.82) is 0 Å². The normalized spacial score (nSPS) is 10.6. The first-order valence-electron chi connectivity index (χ1n) is 7.27. The van der Waals surface area contributed by atoms with Crippen LogP contribution in [0.2, 0.25) is 10.0 Å². The highest BCUT2D eigenvalue weighted by atomic mass is 35.5. The Morgan fingerprint density at radius 2 is 1.54 bits per heavy atom. The molecule has 0 atom stereocenters. The third-order valence-corrected chi connectivity index (χ3v) is 3.90. The zero-order valence-electron chi connectivity index (χ0n) is 12.6. The molecule has 122 valence electrons. The number of aromatic nitrogens is 3. The average molecular weight is 361 g/mol. The van der Waals surface area contributed by atoms with E-state index in [0.29, 0.717) is 23.1 Å². The number of hydrogen-bond acceptors (Lipinski definition) is 3. The lowest BCUT2D eigenvalue weighted by atomic mass is 10.2. The predicted molar refractivity (Wildman–Crippen MR) is 93.2 cm³/mol. The second-order valence-corrected chi connectivity index (χ2v) is 6.11. The van der Waals surface area contributed by atoms with E-state index < -0.39 is 0 Å². The summed E-state index contributed by atoms with van der Waals surface area (Å²) < 4.78 is 1.61. The van der Waals surface area contributed by atoms with Crippen LogP contribution in [0.4, 0.5) is 0 Å². The van der Waals surface area contributed by atoms with Crippen molar-refractivity contribution in [2.45, 2.75) is 13.1 Å². The first-order chi connectivity index (χ1) is 11.6. The standard InChI is InChI=1S/C17H14Cl2N4O/c18-14-5-1-12(2-6-14)9-20-17(24)16-11-23(22-21-16)10-13-3-7-15(19)8-4-13/h1-8,11H,9-10H2,(H,20,24). The van der Waals surface area contributed by atoms with Crippen LogP contribution in [-0.2, 0) is 13.1 Å². The monoisotopic (exact) mass is 360 g/mol. The summed E-state index contributed by atoms with van der Waals surface area (Å²) in [5, 5.41) is 12.0. The molecular formula is C17H14Cl2N4O. The quantitative estimate of drug-likeness (QED) is 0.756. The van der Waals surface area contributed by atoms with Crippen molar-refractivity contribution < 1.29 is 4.79 Å². The topological polar surface area (TPSA) is 59.8 Å². The van der Waals surface area contributed by atoms with Gasteiger partial charge in [0, 0.05) is 16.6 Å². The molecule has 24 heavy (non-hydrogen) atoms. The maximum atomic E-state index is 12.1. The number of rotatable bonds is 5. The van der Waals surface area contributed by atoms with E-state index in [1.165, 1.54) is 0 Å². The van der Waals surface area contributed by atoms with E-state index in [9.17, 15) is 4.79 Å². The van der Waals surface area contributed by atoms with E-state index in [2.05, 4.69) is 15.6 Å². The van der Waals surface area contributed by atoms with Crippen LogP contribution >= 0.6 is 23.2 Å². The maximum Gasteiger partial charge on any atom is 0.273 e. The lowest BCUT2D eigenvalue weighted by Crippen LogP contribution is -2.23. The van der Waals surface area contributed by atoms with Gasteiger partial charge in [-0.3, -0.25) is 4.79 Å². The summed E-state index contributed by atoms with van der Waals surface area (Å²) in [6.07, 6.45) is 1.62. The van der Waals surface area contributed by atoms with Gasteiger partial charge in [0.25, 0.3) is 5.91 Å². The first-order valence-corrected chi connectivity index (χ1v) is 8.03. The third kappa shape index (κ3) is 4.34. The van der Waals surface area contributed by atoms with Crippen LogP contribution in [0.3, 0.4) is 0 Å². The molecule has 0 aliphatic carbocycles. The molecule has 1 aromatic heterocycles. The minimum atomic E-state index is -0.271. The van der Waals surface area contributed by atoms with Gasteiger partial charge in [0.1, 0.15) is 0 Å². The molecule has 0 saturated carbocycles. The Hall–Kier alpha value is -2.37. The molecule has 5 nitrogen and oxygen atoms in total. The number of carbonyl (C=O) groups excluding carboxylic acids is 1. The fourth-order valence-corrected chi connectivity index (χ4v) is 2.38. The summed E-state index contributed by atoms with van der Waals surface area (Å²) >= 11 is 11.7. The second kappa shape index (κ2) is 7.47. The summed E-state index contributed by atoms with van der Waals surface area (Å²) in [7, 11) is 0. The van der Waals surface area contributed by atoms with Crippen molar-refractivity contribution in [2.75, 3.05) is 0 Å². The van der Waals surface area contributed by atoms with Crippen LogP contribution in [0, 0.1) is 0 Å². The first kappa shape index (κ1) is 16.5. The zero-order chi connectivity index (χ0) is 16.9. The SMILES string of the molecule is O=C(NCc1ccc(Cl)cc1)c1cn(Cc2ccc(Cl)cc2)nn1. The van der Waals surface area contributed by atoms with E-state index in [4.69, 9.17) is 23.2 Å². The van der Waals surface area contributed by atoms with Gasteiger partial charge in [0.2, 0.25) is 0 Å². The van der Waals surface area contributed by atoms with Crippen LogP contribution in [0.15, 0.2) is 54.7 Å². The van der Waals surface area contributed by atoms with E-state index in [1.807, 2.05) is 36.4 Å². The Morgan fingerprint density at radius 3 is 2.17 bits per heavy atom. The zero-order valence-corrected chi connectivity index (χ0v) is 14.1. The second-order valence-electron chi connectivity index (χ2n) is 5.24. The number of nitrogens with zero attached hydrogens (tertiary/aromatic N) is 3. The van der Waals surface area contributed by atoms with Crippen LogP contribution in [-0.4, -0.2) is 20.9 Å². The van der Waals surface area contributed by atoms with E-state index >= 15 is 0 Å². The van der Waals surface area contributed by atoms with Crippen molar-refractivity contribution in [1.82, 2.24) is 20.3 Å². The highest BCUT2D eigenvalue weighted by Gasteiger charge is 2.10. The Labute approximate surface area is 149 Å². The number of hydrogen-bond donors (Lipinski definition) is 1. The fraction of sp³-hybridized carbons (Fsp3) is 0.118.